The molecule has 6 heteroatoms. The van der Waals surface area contributed by atoms with Crippen molar-refractivity contribution in [3.05, 3.63) is 29.3 Å². The molecule has 0 bridgehead atoms. The summed E-state index contributed by atoms with van der Waals surface area (Å²) in [5.41, 5.74) is 2.42. The number of benzene rings is 1. The fourth-order valence-corrected chi connectivity index (χ4v) is 3.38. The standard InChI is InChI=1S/C16H21F2N3O/c1-15(2)8-16(17,18)10-21(9-15)14(22)20-13-4-3-11-6-19-7-12(11)5-13/h3-5,19H,6-10H2,1-2H3,(H,20,22). The molecule has 1 aromatic rings. The van der Waals surface area contributed by atoms with Crippen LogP contribution in [0.5, 0.6) is 0 Å². The summed E-state index contributed by atoms with van der Waals surface area (Å²) in [5.74, 6) is -2.83. The lowest BCUT2D eigenvalue weighted by atomic mass is 9.82. The third kappa shape index (κ3) is 3.21. The van der Waals surface area contributed by atoms with Gasteiger partial charge in [-0.1, -0.05) is 19.9 Å². The number of piperidine rings is 1. The summed E-state index contributed by atoms with van der Waals surface area (Å²) in [4.78, 5) is 13.5. The van der Waals surface area contributed by atoms with Crippen LogP contribution >= 0.6 is 0 Å². The van der Waals surface area contributed by atoms with Crippen LogP contribution in [0.1, 0.15) is 31.4 Å². The van der Waals surface area contributed by atoms with E-state index in [9.17, 15) is 13.6 Å². The van der Waals surface area contributed by atoms with Crippen LogP contribution in [0.15, 0.2) is 18.2 Å². The molecule has 2 amide bonds. The molecule has 4 nitrogen and oxygen atoms in total. The van der Waals surface area contributed by atoms with Crippen molar-refractivity contribution in [3.63, 3.8) is 0 Å². The predicted octanol–water partition coefficient (Wildman–Crippen LogP) is 3.19. The summed E-state index contributed by atoms with van der Waals surface area (Å²) in [7, 11) is 0. The monoisotopic (exact) mass is 309 g/mol. The van der Waals surface area contributed by atoms with Gasteiger partial charge in [0, 0.05) is 31.7 Å². The first-order valence-electron chi connectivity index (χ1n) is 7.50. The van der Waals surface area contributed by atoms with Gasteiger partial charge in [0.2, 0.25) is 0 Å². The number of urea groups is 1. The second-order valence-corrected chi connectivity index (χ2v) is 7.07. The molecule has 0 atom stereocenters. The van der Waals surface area contributed by atoms with Crippen LogP contribution < -0.4 is 10.6 Å². The van der Waals surface area contributed by atoms with E-state index in [1.807, 2.05) is 18.2 Å². The first kappa shape index (κ1) is 15.2. The highest BCUT2D eigenvalue weighted by molar-refractivity contribution is 5.89. The van der Waals surface area contributed by atoms with Gasteiger partial charge in [0.15, 0.2) is 0 Å². The Hall–Kier alpha value is -1.69. The third-order valence-corrected chi connectivity index (χ3v) is 4.15. The van der Waals surface area contributed by atoms with Crippen LogP contribution in [-0.4, -0.2) is 29.9 Å². The van der Waals surface area contributed by atoms with Crippen LogP contribution in [0.25, 0.3) is 0 Å². The fraction of sp³-hybridized carbons (Fsp3) is 0.562. The molecular weight excluding hydrogens is 288 g/mol. The van der Waals surface area contributed by atoms with E-state index >= 15 is 0 Å². The van der Waals surface area contributed by atoms with Gasteiger partial charge in [-0.3, -0.25) is 0 Å². The summed E-state index contributed by atoms with van der Waals surface area (Å²) in [6, 6.07) is 5.22. The van der Waals surface area contributed by atoms with Crippen molar-refractivity contribution in [2.24, 2.45) is 5.41 Å². The van der Waals surface area contributed by atoms with E-state index in [2.05, 4.69) is 10.6 Å². The summed E-state index contributed by atoms with van der Waals surface area (Å²) in [6.45, 7) is 4.95. The number of alkyl halides is 2. The molecule has 0 radical (unpaired) electrons. The Kier molecular flexibility index (Phi) is 3.59. The van der Waals surface area contributed by atoms with Gasteiger partial charge in [-0.05, 0) is 28.7 Å². The number of halogens is 2. The Morgan fingerprint density at radius 1 is 1.23 bits per heavy atom. The van der Waals surface area contributed by atoms with Crippen LogP contribution in [0.3, 0.4) is 0 Å². The van der Waals surface area contributed by atoms with E-state index in [0.29, 0.717) is 12.2 Å². The van der Waals surface area contributed by atoms with E-state index in [1.54, 1.807) is 13.8 Å². The zero-order valence-corrected chi connectivity index (χ0v) is 12.9. The summed E-state index contributed by atoms with van der Waals surface area (Å²) in [6.07, 6.45) is -0.186. The average Bonchev–Trinajstić information content (AvgIpc) is 2.82. The topological polar surface area (TPSA) is 44.4 Å². The van der Waals surface area contributed by atoms with E-state index in [1.165, 1.54) is 10.5 Å². The van der Waals surface area contributed by atoms with E-state index in [0.717, 1.165) is 18.7 Å². The third-order valence-electron chi connectivity index (χ3n) is 4.15. The van der Waals surface area contributed by atoms with Crippen LogP contribution in [-0.2, 0) is 13.1 Å². The van der Waals surface area contributed by atoms with Gasteiger partial charge in [0.05, 0.1) is 6.54 Å². The molecule has 0 aromatic heterocycles. The number of hydrogen-bond donors (Lipinski definition) is 2. The predicted molar refractivity (Wildman–Crippen MR) is 80.9 cm³/mol. The number of hydrogen-bond acceptors (Lipinski definition) is 2. The molecule has 1 fully saturated rings. The zero-order valence-electron chi connectivity index (χ0n) is 12.9. The molecule has 0 aliphatic carbocycles. The number of carbonyl (C=O) groups is 1. The lowest BCUT2D eigenvalue weighted by molar-refractivity contribution is -0.0921. The molecule has 0 spiro atoms. The normalized spacial score (nSPS) is 22.3. The van der Waals surface area contributed by atoms with E-state index < -0.39 is 23.9 Å². The Bertz CT molecular complexity index is 585. The number of nitrogens with one attached hydrogen (secondary N) is 2. The van der Waals surface area contributed by atoms with Crippen LogP contribution in [0.4, 0.5) is 19.3 Å². The fourth-order valence-electron chi connectivity index (χ4n) is 3.38. The first-order chi connectivity index (χ1) is 10.2. The molecular formula is C16H21F2N3O. The SMILES string of the molecule is CC1(C)CN(C(=O)Nc2ccc3c(c2)CNC3)CC(F)(F)C1. The van der Waals surface area contributed by atoms with Crippen molar-refractivity contribution in [1.82, 2.24) is 10.2 Å². The van der Waals surface area contributed by atoms with Gasteiger partial charge in [-0.2, -0.15) is 0 Å². The molecule has 1 saturated heterocycles. The van der Waals surface area contributed by atoms with Crippen LogP contribution in [0.2, 0.25) is 0 Å². The van der Waals surface area contributed by atoms with Gasteiger partial charge in [-0.25, -0.2) is 13.6 Å². The van der Waals surface area contributed by atoms with Gasteiger partial charge in [0.1, 0.15) is 0 Å². The summed E-state index contributed by atoms with van der Waals surface area (Å²) < 4.78 is 27.6. The second kappa shape index (κ2) is 5.19. The maximum Gasteiger partial charge on any atom is 0.322 e. The number of carbonyl (C=O) groups excluding carboxylic acids is 1. The van der Waals surface area contributed by atoms with Crippen molar-refractivity contribution in [3.8, 4) is 0 Å². The van der Waals surface area contributed by atoms with Gasteiger partial charge in [-0.15, -0.1) is 0 Å². The highest BCUT2D eigenvalue weighted by Crippen LogP contribution is 2.38. The molecule has 2 aliphatic rings. The van der Waals surface area contributed by atoms with Crippen LogP contribution in [0, 0.1) is 5.41 Å². The van der Waals surface area contributed by atoms with Gasteiger partial charge < -0.3 is 15.5 Å². The largest absolute Gasteiger partial charge is 0.322 e. The molecule has 0 saturated carbocycles. The maximum absolute atomic E-state index is 13.8. The highest BCUT2D eigenvalue weighted by atomic mass is 19.3. The Morgan fingerprint density at radius 3 is 2.68 bits per heavy atom. The van der Waals surface area contributed by atoms with Crippen molar-refractivity contribution in [1.29, 1.82) is 0 Å². The number of rotatable bonds is 1. The Balaban J connectivity index is 1.71. The molecule has 22 heavy (non-hydrogen) atoms. The van der Waals surface area contributed by atoms with E-state index in [4.69, 9.17) is 0 Å². The van der Waals surface area contributed by atoms with Gasteiger partial charge >= 0.3 is 6.03 Å². The smallest absolute Gasteiger partial charge is 0.318 e. The number of amides is 2. The van der Waals surface area contributed by atoms with Crippen molar-refractivity contribution < 1.29 is 13.6 Å². The summed E-state index contributed by atoms with van der Waals surface area (Å²) in [5, 5.41) is 5.97. The maximum atomic E-state index is 13.8. The molecule has 120 valence electrons. The molecule has 0 unspecified atom stereocenters. The minimum atomic E-state index is -2.83. The molecule has 3 rings (SSSR count). The lowest BCUT2D eigenvalue weighted by Gasteiger charge is -2.42. The molecule has 1 aromatic carbocycles. The molecule has 2 heterocycles. The second-order valence-electron chi connectivity index (χ2n) is 7.07. The number of likely N-dealkylation sites (tertiary alicyclic amines) is 1. The summed E-state index contributed by atoms with van der Waals surface area (Å²) >= 11 is 0. The van der Waals surface area contributed by atoms with Gasteiger partial charge in [0.25, 0.3) is 5.92 Å². The number of anilines is 1. The van der Waals surface area contributed by atoms with Crippen molar-refractivity contribution in [2.75, 3.05) is 18.4 Å². The molecule has 2 aliphatic heterocycles. The first-order valence-corrected chi connectivity index (χ1v) is 7.50. The van der Waals surface area contributed by atoms with Crippen molar-refractivity contribution >= 4 is 11.7 Å². The van der Waals surface area contributed by atoms with E-state index in [-0.39, 0.29) is 6.42 Å². The Morgan fingerprint density at radius 2 is 1.95 bits per heavy atom. The Labute approximate surface area is 128 Å². The van der Waals surface area contributed by atoms with Crippen molar-refractivity contribution in [2.45, 2.75) is 39.3 Å². The number of fused-ring (bicyclic) bond motifs is 1. The molecule has 2 N–H and O–H groups in total. The average molecular weight is 309 g/mol. The zero-order chi connectivity index (χ0) is 16.0. The minimum absolute atomic E-state index is 0.186. The quantitative estimate of drug-likeness (QED) is 0.837. The lowest BCUT2D eigenvalue weighted by Crippen LogP contribution is -2.53. The minimum Gasteiger partial charge on any atom is -0.318 e. The highest BCUT2D eigenvalue weighted by Gasteiger charge is 2.45. The number of nitrogens with zero attached hydrogens (tertiary/aromatic N) is 1.